The summed E-state index contributed by atoms with van der Waals surface area (Å²) in [6, 6.07) is -6.76. The molecule has 0 bridgehead atoms. The van der Waals surface area contributed by atoms with Gasteiger partial charge in [0.15, 0.2) is 25.2 Å². The van der Waals surface area contributed by atoms with Gasteiger partial charge in [0, 0.05) is 34.1 Å². The molecule has 0 unspecified atom stereocenters. The number of nitrogens with one attached hydrogen (secondary N) is 4. The van der Waals surface area contributed by atoms with Gasteiger partial charge in [0.25, 0.3) is 5.79 Å². The summed E-state index contributed by atoms with van der Waals surface area (Å²) >= 11 is 0. The molecule has 426 valence electrons. The Bertz CT molecular complexity index is 1900. The van der Waals surface area contributed by atoms with E-state index in [0.717, 1.165) is 27.7 Å². The molecule has 0 spiro atoms. The molecule has 5 fully saturated rings. The predicted molar refractivity (Wildman–Crippen MR) is 230 cm³/mol. The Labute approximate surface area is 419 Å². The molecule has 0 aromatic rings. The Hall–Kier alpha value is -3.57. The third-order valence-electron chi connectivity index (χ3n) is 12.9. The summed E-state index contributed by atoms with van der Waals surface area (Å²) in [6.07, 6.45) is -41.6. The molecule has 19 N–H and O–H groups in total. The van der Waals surface area contributed by atoms with Crippen LogP contribution in [0.2, 0.25) is 0 Å². The lowest BCUT2D eigenvalue weighted by Crippen LogP contribution is -2.71. The summed E-state index contributed by atoms with van der Waals surface area (Å²) in [6.45, 7) is -1.09. The number of carbonyl (C=O) groups excluding carboxylic acids is 4. The fourth-order valence-corrected chi connectivity index (χ4v) is 9.23. The van der Waals surface area contributed by atoms with Crippen LogP contribution in [-0.4, -0.2) is 298 Å². The van der Waals surface area contributed by atoms with Crippen molar-refractivity contribution in [1.82, 2.24) is 21.3 Å². The van der Waals surface area contributed by atoms with Gasteiger partial charge in [-0.2, -0.15) is 0 Å². The monoisotopic (exact) mass is 1080 g/mol. The number of amides is 4. The van der Waals surface area contributed by atoms with Gasteiger partial charge in [-0.25, -0.2) is 4.79 Å². The first-order chi connectivity index (χ1) is 34.7. The number of ether oxygens (including phenoxy) is 9. The van der Waals surface area contributed by atoms with Crippen molar-refractivity contribution >= 4 is 29.6 Å². The van der Waals surface area contributed by atoms with E-state index in [2.05, 4.69) is 21.3 Å². The molecule has 33 heteroatoms. The molecule has 0 aliphatic carbocycles. The van der Waals surface area contributed by atoms with E-state index < -0.39 is 228 Å². The van der Waals surface area contributed by atoms with E-state index in [1.807, 2.05) is 0 Å². The van der Waals surface area contributed by atoms with Gasteiger partial charge in [-0.05, 0) is 0 Å². The first kappa shape index (κ1) is 61.3. The summed E-state index contributed by atoms with van der Waals surface area (Å²) in [5, 5.41) is 171. The number of aliphatic hydroxyl groups is 14. The van der Waals surface area contributed by atoms with Crippen molar-refractivity contribution in [2.45, 2.75) is 193 Å². The van der Waals surface area contributed by atoms with Crippen molar-refractivity contribution in [2.24, 2.45) is 0 Å². The second-order valence-electron chi connectivity index (χ2n) is 18.4. The van der Waals surface area contributed by atoms with Gasteiger partial charge in [0.2, 0.25) is 23.6 Å². The average Bonchev–Trinajstić information content (AvgIpc) is 3.33. The Balaban J connectivity index is 1.40. The summed E-state index contributed by atoms with van der Waals surface area (Å²) in [7, 11) is 0. The molecule has 0 radical (unpaired) electrons. The Morgan fingerprint density at radius 3 is 1.53 bits per heavy atom. The number of hydrogen-bond donors (Lipinski definition) is 19. The average molecular weight is 1080 g/mol. The molecule has 0 aromatic heterocycles. The highest BCUT2D eigenvalue weighted by Crippen LogP contribution is 2.37. The van der Waals surface area contributed by atoms with Crippen LogP contribution < -0.4 is 21.3 Å². The highest BCUT2D eigenvalue weighted by molar-refractivity contribution is 5.77. The fourth-order valence-electron chi connectivity index (χ4n) is 9.23. The molecule has 5 saturated heterocycles. The van der Waals surface area contributed by atoms with Crippen LogP contribution in [-0.2, 0) is 66.6 Å². The summed E-state index contributed by atoms with van der Waals surface area (Å²) < 4.78 is 51.6. The second-order valence-corrected chi connectivity index (χ2v) is 18.4. The van der Waals surface area contributed by atoms with E-state index in [-0.39, 0.29) is 0 Å². The van der Waals surface area contributed by atoms with Crippen LogP contribution in [0.4, 0.5) is 0 Å². The van der Waals surface area contributed by atoms with Crippen LogP contribution in [0.25, 0.3) is 0 Å². The van der Waals surface area contributed by atoms with Crippen molar-refractivity contribution in [3.05, 3.63) is 0 Å². The number of aliphatic carboxylic acids is 1. The maximum Gasteiger partial charge on any atom is 0.364 e. The molecule has 74 heavy (non-hydrogen) atoms. The maximum atomic E-state index is 12.8. The normalized spacial score (nSPS) is 43.6. The first-order valence-electron chi connectivity index (χ1n) is 23.2. The van der Waals surface area contributed by atoms with Gasteiger partial charge in [0.1, 0.15) is 116 Å². The molecule has 26 atom stereocenters. The number of carbonyl (C=O) groups is 5. The minimum atomic E-state index is -2.98. The van der Waals surface area contributed by atoms with E-state index in [1.54, 1.807) is 0 Å². The lowest BCUT2D eigenvalue weighted by molar-refractivity contribution is -0.374. The third-order valence-corrected chi connectivity index (χ3v) is 12.9. The SMILES string of the molecule is CC(=O)N[C@@H]1[C@@H](O[C@@H]2O[C@H](CO)[C@@H](O[C@@H]3O[C@H](CO)[C@H](O)[C@H](O[C@@H]4O[C@H](CO)[C@@H](O)[C@H](O)[C@H]4NC(C)=O)[C@H]3O)[C@H](O)[C@H]2NC(C)=O)[C@@H](O)[C@@H](CO[C@]2(C(=O)O)C[C@H](O)[C@@H](NC(C)=O)[C@H]([C@H](O)[C@H](O)CO)O2)O[C@@H]1O. The smallest absolute Gasteiger partial charge is 0.364 e. The quantitative estimate of drug-likeness (QED) is 0.0538. The first-order valence-corrected chi connectivity index (χ1v) is 23.2. The van der Waals surface area contributed by atoms with Crippen LogP contribution in [0, 0.1) is 0 Å². The number of aliphatic hydroxyl groups excluding tert-OH is 14. The topological polar surface area (TPSA) is 520 Å². The van der Waals surface area contributed by atoms with E-state index in [4.69, 9.17) is 42.6 Å². The van der Waals surface area contributed by atoms with Crippen molar-refractivity contribution in [1.29, 1.82) is 0 Å². The molecule has 0 aromatic carbocycles. The minimum absolute atomic E-state index is 0.753. The standard InChI is InChI=1S/C41H68N4O29/c1-11(50)42-21-15(54)5-41(40(64)65,74-34(21)25(56)16(55)6-46)66-10-20-28(59)33(24(36(63)67-20)45-14(4)53)72-38-23(44-13(3)52)30(61)32(19(9-49)70-38)71-39-31(62)35(27(58)18(8-48)69-39)73-37-22(43-12(2)51)29(60)26(57)17(7-47)68-37/h15-39,46-49,54-63H,5-10H2,1-4H3,(H,42,50)(H,43,51)(H,44,52)(H,45,53)(H,64,65)/t15-,16+,17+,18+,19+,20+,21+,22+,23+,24+,25+,26+,27-,28-,29+,30+,31+,32+,33+,34+,35-,36-,37-,38-,39-,41+/m0/s1. The molecule has 4 amide bonds. The van der Waals surface area contributed by atoms with Crippen molar-refractivity contribution in [3.8, 4) is 0 Å². The van der Waals surface area contributed by atoms with Crippen molar-refractivity contribution in [3.63, 3.8) is 0 Å². The van der Waals surface area contributed by atoms with Crippen LogP contribution in [0.3, 0.4) is 0 Å². The Morgan fingerprint density at radius 2 is 1.00 bits per heavy atom. The Morgan fingerprint density at radius 1 is 0.541 bits per heavy atom. The molecule has 5 rings (SSSR count). The summed E-state index contributed by atoms with van der Waals surface area (Å²) in [4.78, 5) is 61.9. The maximum absolute atomic E-state index is 12.8. The number of carboxylic acids is 1. The van der Waals surface area contributed by atoms with Gasteiger partial charge in [0.05, 0.1) is 45.2 Å². The molecule has 5 aliphatic rings. The molecular formula is C41H68N4O29. The molecule has 33 nitrogen and oxygen atoms in total. The number of hydrogen-bond acceptors (Lipinski definition) is 28. The van der Waals surface area contributed by atoms with E-state index in [0.29, 0.717) is 0 Å². The number of carboxylic acid groups (broad SMARTS) is 1. The lowest BCUT2D eigenvalue weighted by Gasteiger charge is -2.50. The van der Waals surface area contributed by atoms with Crippen molar-refractivity contribution < 1.29 is 143 Å². The van der Waals surface area contributed by atoms with Crippen LogP contribution >= 0.6 is 0 Å². The number of rotatable bonds is 20. The van der Waals surface area contributed by atoms with Gasteiger partial charge in [-0.3, -0.25) is 19.2 Å². The summed E-state index contributed by atoms with van der Waals surface area (Å²) in [5.41, 5.74) is 0. The third kappa shape index (κ3) is 13.7. The van der Waals surface area contributed by atoms with E-state index >= 15 is 0 Å². The van der Waals surface area contributed by atoms with E-state index in [9.17, 15) is 101 Å². The van der Waals surface area contributed by atoms with Crippen LogP contribution in [0.1, 0.15) is 34.1 Å². The minimum Gasteiger partial charge on any atom is -0.477 e. The van der Waals surface area contributed by atoms with E-state index in [1.165, 1.54) is 0 Å². The highest BCUT2D eigenvalue weighted by atomic mass is 16.8. The molecule has 0 saturated carbocycles. The van der Waals surface area contributed by atoms with Gasteiger partial charge in [-0.1, -0.05) is 0 Å². The molecular weight excluding hydrogens is 1010 g/mol. The Kier molecular flexibility index (Phi) is 21.7. The van der Waals surface area contributed by atoms with Crippen molar-refractivity contribution in [2.75, 3.05) is 33.0 Å². The highest BCUT2D eigenvalue weighted by Gasteiger charge is 2.59. The van der Waals surface area contributed by atoms with Crippen LogP contribution in [0.15, 0.2) is 0 Å². The van der Waals surface area contributed by atoms with Gasteiger partial charge in [-0.15, -0.1) is 0 Å². The zero-order valence-electron chi connectivity index (χ0n) is 40.1. The lowest BCUT2D eigenvalue weighted by atomic mass is 9.88. The zero-order valence-corrected chi connectivity index (χ0v) is 40.1. The van der Waals surface area contributed by atoms with Gasteiger partial charge < -0.3 is 140 Å². The molecule has 5 heterocycles. The van der Waals surface area contributed by atoms with Crippen LogP contribution in [0.5, 0.6) is 0 Å². The second kappa shape index (κ2) is 26.2. The fraction of sp³-hybridized carbons (Fsp3) is 0.878. The summed E-state index contributed by atoms with van der Waals surface area (Å²) in [5.74, 6) is -8.20. The predicted octanol–water partition coefficient (Wildman–Crippen LogP) is -12.1. The molecule has 5 aliphatic heterocycles. The largest absolute Gasteiger partial charge is 0.477 e. The van der Waals surface area contributed by atoms with Gasteiger partial charge >= 0.3 is 5.97 Å². The zero-order chi connectivity index (χ0) is 55.3.